The summed E-state index contributed by atoms with van der Waals surface area (Å²) in [5, 5.41) is 0. The van der Waals surface area contributed by atoms with Crippen LogP contribution in [0.15, 0.2) is 91.5 Å². The molecular weight excluding hydrogens is 296 g/mol. The van der Waals surface area contributed by atoms with Crippen LogP contribution in [0.2, 0.25) is 0 Å². The van der Waals surface area contributed by atoms with Crippen molar-refractivity contribution in [2.24, 2.45) is 5.73 Å². The molecule has 118 valence electrons. The lowest BCUT2D eigenvalue weighted by Gasteiger charge is -2.28. The van der Waals surface area contributed by atoms with E-state index >= 15 is 0 Å². The maximum absolute atomic E-state index is 11.8. The molecule has 0 aromatic heterocycles. The fourth-order valence-electron chi connectivity index (χ4n) is 2.68. The van der Waals surface area contributed by atoms with Gasteiger partial charge in [-0.3, -0.25) is 4.79 Å². The Morgan fingerprint density at radius 2 is 1.12 bits per heavy atom. The summed E-state index contributed by atoms with van der Waals surface area (Å²) < 4.78 is 0. The number of carbonyl (C=O) groups is 1. The quantitative estimate of drug-likeness (QED) is 0.748. The topological polar surface area (TPSA) is 46.3 Å². The second kappa shape index (κ2) is 6.84. The van der Waals surface area contributed by atoms with Gasteiger partial charge < -0.3 is 10.6 Å². The first kappa shape index (κ1) is 15.6. The average molecular weight is 314 g/mol. The van der Waals surface area contributed by atoms with Gasteiger partial charge in [-0.15, -0.1) is 0 Å². The first-order valence-corrected chi connectivity index (χ1v) is 7.67. The number of para-hydroxylation sites is 2. The lowest BCUT2D eigenvalue weighted by molar-refractivity contribution is 0.1000. The fraction of sp³-hybridized carbons (Fsp3) is 0. The zero-order valence-electron chi connectivity index (χ0n) is 13.2. The molecule has 0 radical (unpaired) electrons. The van der Waals surface area contributed by atoms with Crippen molar-refractivity contribution < 1.29 is 4.79 Å². The van der Waals surface area contributed by atoms with Gasteiger partial charge in [0.05, 0.1) is 0 Å². The van der Waals surface area contributed by atoms with E-state index in [0.717, 1.165) is 16.9 Å². The van der Waals surface area contributed by atoms with Crippen LogP contribution in [-0.4, -0.2) is 5.91 Å². The zero-order valence-corrected chi connectivity index (χ0v) is 13.2. The van der Waals surface area contributed by atoms with E-state index in [0.29, 0.717) is 11.3 Å². The molecule has 3 aromatic carbocycles. The Hall–Kier alpha value is -3.33. The summed E-state index contributed by atoms with van der Waals surface area (Å²) in [5.74, 6) is -0.465. The molecule has 0 aliphatic rings. The van der Waals surface area contributed by atoms with Gasteiger partial charge in [0.15, 0.2) is 0 Å². The van der Waals surface area contributed by atoms with E-state index < -0.39 is 5.91 Å². The Balaban J connectivity index is 2.14. The van der Waals surface area contributed by atoms with Gasteiger partial charge in [-0.2, -0.15) is 0 Å². The number of carbonyl (C=O) groups excluding carboxylic acids is 1. The highest BCUT2D eigenvalue weighted by Crippen LogP contribution is 2.34. The van der Waals surface area contributed by atoms with Crippen molar-refractivity contribution in [3.63, 3.8) is 0 Å². The van der Waals surface area contributed by atoms with Gasteiger partial charge in [0.1, 0.15) is 0 Å². The number of rotatable bonds is 5. The summed E-state index contributed by atoms with van der Waals surface area (Å²) in [6.45, 7) is 4.24. The number of hydrogen-bond acceptors (Lipinski definition) is 2. The molecule has 0 heterocycles. The highest BCUT2D eigenvalue weighted by Gasteiger charge is 2.18. The third-order valence-corrected chi connectivity index (χ3v) is 3.80. The molecule has 3 nitrogen and oxygen atoms in total. The lowest BCUT2D eigenvalue weighted by Crippen LogP contribution is -2.19. The molecular formula is C21H18N2O. The standard InChI is InChI=1S/C21H18N2O/c1-16(19-14-8-9-15-20(19)21(22)24)23(17-10-4-2-5-11-17)18-12-6-3-7-13-18/h2-15H,1H2,(H2,22,24). The number of amides is 1. The summed E-state index contributed by atoms with van der Waals surface area (Å²) in [6, 6.07) is 27.1. The predicted octanol–water partition coefficient (Wildman–Crippen LogP) is 4.59. The van der Waals surface area contributed by atoms with Crippen LogP contribution < -0.4 is 10.6 Å². The van der Waals surface area contributed by atoms with E-state index in [1.165, 1.54) is 0 Å². The van der Waals surface area contributed by atoms with Crippen LogP contribution in [0.1, 0.15) is 15.9 Å². The molecule has 1 amide bonds. The third-order valence-electron chi connectivity index (χ3n) is 3.80. The van der Waals surface area contributed by atoms with Crippen molar-refractivity contribution in [1.82, 2.24) is 0 Å². The molecule has 0 bridgehead atoms. The molecule has 0 unspecified atom stereocenters. The Kier molecular flexibility index (Phi) is 4.43. The number of primary amides is 1. The van der Waals surface area contributed by atoms with Crippen molar-refractivity contribution in [3.05, 3.63) is 103 Å². The van der Waals surface area contributed by atoms with E-state index in [-0.39, 0.29) is 0 Å². The molecule has 2 N–H and O–H groups in total. The molecule has 3 aromatic rings. The Morgan fingerprint density at radius 1 is 0.708 bits per heavy atom. The maximum Gasteiger partial charge on any atom is 0.249 e. The van der Waals surface area contributed by atoms with E-state index in [1.54, 1.807) is 12.1 Å². The molecule has 24 heavy (non-hydrogen) atoms. The van der Waals surface area contributed by atoms with Crippen LogP contribution in [0.5, 0.6) is 0 Å². The van der Waals surface area contributed by atoms with Gasteiger partial charge in [-0.25, -0.2) is 0 Å². The Labute approximate surface area is 141 Å². The average Bonchev–Trinajstić information content (AvgIpc) is 2.63. The van der Waals surface area contributed by atoms with E-state index in [2.05, 4.69) is 6.58 Å². The van der Waals surface area contributed by atoms with Crippen molar-refractivity contribution in [2.45, 2.75) is 0 Å². The van der Waals surface area contributed by atoms with E-state index in [9.17, 15) is 4.79 Å². The van der Waals surface area contributed by atoms with Crippen LogP contribution in [0.4, 0.5) is 11.4 Å². The molecule has 0 fully saturated rings. The summed E-state index contributed by atoms with van der Waals surface area (Å²) in [4.78, 5) is 13.8. The van der Waals surface area contributed by atoms with Crippen molar-refractivity contribution >= 4 is 23.0 Å². The van der Waals surface area contributed by atoms with Gasteiger partial charge in [-0.05, 0) is 30.3 Å². The van der Waals surface area contributed by atoms with Gasteiger partial charge in [-0.1, -0.05) is 61.2 Å². The number of nitrogens with zero attached hydrogens (tertiary/aromatic N) is 1. The molecule has 0 saturated heterocycles. The first-order valence-electron chi connectivity index (χ1n) is 7.67. The number of nitrogens with two attached hydrogens (primary N) is 1. The van der Waals surface area contributed by atoms with Crippen molar-refractivity contribution in [2.75, 3.05) is 4.90 Å². The van der Waals surface area contributed by atoms with Gasteiger partial charge in [0.25, 0.3) is 0 Å². The number of anilines is 2. The number of hydrogen-bond donors (Lipinski definition) is 1. The molecule has 0 aliphatic carbocycles. The number of benzene rings is 3. The molecule has 0 saturated carbocycles. The second-order valence-corrected chi connectivity index (χ2v) is 5.36. The Morgan fingerprint density at radius 3 is 1.58 bits per heavy atom. The predicted molar refractivity (Wildman–Crippen MR) is 99.0 cm³/mol. The third kappa shape index (κ3) is 3.06. The van der Waals surface area contributed by atoms with E-state index in [1.807, 2.05) is 77.7 Å². The van der Waals surface area contributed by atoms with Crippen LogP contribution in [0.25, 0.3) is 5.70 Å². The van der Waals surface area contributed by atoms with Gasteiger partial charge >= 0.3 is 0 Å². The monoisotopic (exact) mass is 314 g/mol. The molecule has 0 spiro atoms. The highest BCUT2D eigenvalue weighted by molar-refractivity contribution is 6.00. The van der Waals surface area contributed by atoms with Gasteiger partial charge in [0.2, 0.25) is 5.91 Å². The zero-order chi connectivity index (χ0) is 16.9. The molecule has 0 atom stereocenters. The highest BCUT2D eigenvalue weighted by atomic mass is 16.1. The summed E-state index contributed by atoms with van der Waals surface area (Å²) in [5.41, 5.74) is 9.34. The molecule has 3 rings (SSSR count). The minimum absolute atomic E-state index is 0.458. The minimum Gasteiger partial charge on any atom is -0.366 e. The Bertz CT molecular complexity index is 818. The van der Waals surface area contributed by atoms with Crippen LogP contribution in [-0.2, 0) is 0 Å². The van der Waals surface area contributed by atoms with Crippen LogP contribution >= 0.6 is 0 Å². The van der Waals surface area contributed by atoms with Crippen LogP contribution in [0, 0.1) is 0 Å². The van der Waals surface area contributed by atoms with Crippen molar-refractivity contribution in [3.8, 4) is 0 Å². The second-order valence-electron chi connectivity index (χ2n) is 5.36. The van der Waals surface area contributed by atoms with Crippen molar-refractivity contribution in [1.29, 1.82) is 0 Å². The maximum atomic E-state index is 11.8. The largest absolute Gasteiger partial charge is 0.366 e. The molecule has 0 aliphatic heterocycles. The summed E-state index contributed by atoms with van der Waals surface area (Å²) >= 11 is 0. The first-order chi connectivity index (χ1) is 11.7. The normalized spacial score (nSPS) is 10.2. The smallest absolute Gasteiger partial charge is 0.249 e. The lowest BCUT2D eigenvalue weighted by atomic mass is 10.0. The molecule has 3 heteroatoms. The van der Waals surface area contributed by atoms with Gasteiger partial charge in [0, 0.05) is 28.2 Å². The minimum atomic E-state index is -0.465. The van der Waals surface area contributed by atoms with E-state index in [4.69, 9.17) is 5.73 Å². The SMILES string of the molecule is C=C(c1ccccc1C(N)=O)N(c1ccccc1)c1ccccc1. The summed E-state index contributed by atoms with van der Waals surface area (Å²) in [7, 11) is 0. The summed E-state index contributed by atoms with van der Waals surface area (Å²) in [6.07, 6.45) is 0. The van der Waals surface area contributed by atoms with Crippen LogP contribution in [0.3, 0.4) is 0 Å². The fourth-order valence-corrected chi connectivity index (χ4v) is 2.68.